The number of aromatic nitrogens is 1. The topological polar surface area (TPSA) is 80.3 Å². The van der Waals surface area contributed by atoms with Gasteiger partial charge in [-0.3, -0.25) is 4.79 Å². The Bertz CT molecular complexity index is 973. The third kappa shape index (κ3) is 5.08. The van der Waals surface area contributed by atoms with E-state index in [0.717, 1.165) is 5.56 Å². The van der Waals surface area contributed by atoms with Gasteiger partial charge >= 0.3 is 5.97 Å². The summed E-state index contributed by atoms with van der Waals surface area (Å²) in [6, 6.07) is 17.6. The SMILES string of the molecule is COC(=O)c1ccccc1Nc1ccc(NC(=O)Cc2ccc(Cl)cc2)nc1. The van der Waals surface area contributed by atoms with Crippen LogP contribution in [-0.4, -0.2) is 24.0 Å². The van der Waals surface area contributed by atoms with Crippen LogP contribution in [0.3, 0.4) is 0 Å². The molecule has 7 heteroatoms. The number of benzene rings is 2. The number of esters is 1. The molecule has 0 saturated heterocycles. The molecule has 0 aliphatic carbocycles. The molecule has 1 aromatic heterocycles. The summed E-state index contributed by atoms with van der Waals surface area (Å²) in [7, 11) is 1.34. The van der Waals surface area contributed by atoms with Crippen molar-refractivity contribution in [3.8, 4) is 0 Å². The predicted molar refractivity (Wildman–Crippen MR) is 109 cm³/mol. The van der Waals surface area contributed by atoms with E-state index >= 15 is 0 Å². The van der Waals surface area contributed by atoms with Crippen molar-refractivity contribution in [2.75, 3.05) is 17.7 Å². The van der Waals surface area contributed by atoms with E-state index < -0.39 is 5.97 Å². The highest BCUT2D eigenvalue weighted by molar-refractivity contribution is 6.30. The summed E-state index contributed by atoms with van der Waals surface area (Å²) in [6.07, 6.45) is 1.80. The fourth-order valence-electron chi connectivity index (χ4n) is 2.55. The Morgan fingerprint density at radius 1 is 1.04 bits per heavy atom. The number of amides is 1. The zero-order valence-electron chi connectivity index (χ0n) is 15.1. The van der Waals surface area contributed by atoms with Crippen LogP contribution in [-0.2, 0) is 16.0 Å². The molecule has 0 bridgehead atoms. The Morgan fingerprint density at radius 2 is 1.79 bits per heavy atom. The first-order valence-electron chi connectivity index (χ1n) is 8.50. The number of hydrogen-bond donors (Lipinski definition) is 2. The minimum atomic E-state index is -0.429. The van der Waals surface area contributed by atoms with Crippen molar-refractivity contribution in [3.63, 3.8) is 0 Å². The Labute approximate surface area is 167 Å². The van der Waals surface area contributed by atoms with Crippen LogP contribution >= 0.6 is 11.6 Å². The maximum absolute atomic E-state index is 12.1. The second kappa shape index (κ2) is 9.01. The summed E-state index contributed by atoms with van der Waals surface area (Å²) in [6.45, 7) is 0. The number of rotatable bonds is 6. The molecule has 142 valence electrons. The zero-order chi connectivity index (χ0) is 19.9. The van der Waals surface area contributed by atoms with Crippen LogP contribution in [0.1, 0.15) is 15.9 Å². The van der Waals surface area contributed by atoms with Gasteiger partial charge in [0.2, 0.25) is 5.91 Å². The summed E-state index contributed by atoms with van der Waals surface area (Å²) in [5, 5.41) is 6.50. The van der Waals surface area contributed by atoms with Crippen LogP contribution in [0.15, 0.2) is 66.9 Å². The largest absolute Gasteiger partial charge is 0.465 e. The Hall–Kier alpha value is -3.38. The number of methoxy groups -OCH3 is 1. The number of ether oxygens (including phenoxy) is 1. The molecule has 0 fully saturated rings. The molecule has 0 radical (unpaired) electrons. The van der Waals surface area contributed by atoms with Gasteiger partial charge in [-0.1, -0.05) is 35.9 Å². The van der Waals surface area contributed by atoms with E-state index in [9.17, 15) is 9.59 Å². The molecule has 3 aromatic rings. The van der Waals surface area contributed by atoms with Crippen molar-refractivity contribution >= 4 is 40.7 Å². The number of anilines is 3. The van der Waals surface area contributed by atoms with E-state index in [2.05, 4.69) is 15.6 Å². The van der Waals surface area contributed by atoms with Crippen LogP contribution < -0.4 is 10.6 Å². The number of halogens is 1. The first kappa shape index (κ1) is 19.4. The minimum Gasteiger partial charge on any atom is -0.465 e. The molecule has 0 spiro atoms. The van der Waals surface area contributed by atoms with Crippen molar-refractivity contribution in [3.05, 3.63) is 83.0 Å². The molecule has 0 aliphatic rings. The highest BCUT2D eigenvalue weighted by Gasteiger charge is 2.11. The van der Waals surface area contributed by atoms with Gasteiger partial charge in [0.25, 0.3) is 0 Å². The quantitative estimate of drug-likeness (QED) is 0.603. The zero-order valence-corrected chi connectivity index (χ0v) is 15.9. The highest BCUT2D eigenvalue weighted by Crippen LogP contribution is 2.22. The first-order valence-corrected chi connectivity index (χ1v) is 8.87. The summed E-state index contributed by atoms with van der Waals surface area (Å²) < 4.78 is 4.78. The number of para-hydroxylation sites is 1. The standard InChI is InChI=1S/C21H18ClN3O3/c1-28-21(27)17-4-2-3-5-18(17)24-16-10-11-19(23-13-16)25-20(26)12-14-6-8-15(22)9-7-14/h2-11,13,24H,12H2,1H3,(H,23,25,26). The lowest BCUT2D eigenvalue weighted by Crippen LogP contribution is -2.15. The molecule has 1 heterocycles. The molecule has 6 nitrogen and oxygen atoms in total. The number of pyridine rings is 1. The number of carbonyl (C=O) groups is 2. The second-order valence-corrected chi connectivity index (χ2v) is 6.38. The fourth-order valence-corrected chi connectivity index (χ4v) is 2.68. The third-order valence-corrected chi connectivity index (χ3v) is 4.17. The van der Waals surface area contributed by atoms with E-state index in [1.54, 1.807) is 60.8 Å². The van der Waals surface area contributed by atoms with Crippen LogP contribution in [0.25, 0.3) is 0 Å². The molecule has 3 rings (SSSR count). The Balaban J connectivity index is 1.63. The molecule has 0 aliphatic heterocycles. The van der Waals surface area contributed by atoms with E-state index in [4.69, 9.17) is 16.3 Å². The van der Waals surface area contributed by atoms with Gasteiger partial charge in [0, 0.05) is 5.02 Å². The van der Waals surface area contributed by atoms with E-state index in [1.165, 1.54) is 7.11 Å². The maximum Gasteiger partial charge on any atom is 0.339 e. The van der Waals surface area contributed by atoms with E-state index in [0.29, 0.717) is 27.8 Å². The second-order valence-electron chi connectivity index (χ2n) is 5.95. The van der Waals surface area contributed by atoms with Crippen LogP contribution in [0, 0.1) is 0 Å². The summed E-state index contributed by atoms with van der Waals surface area (Å²) in [4.78, 5) is 28.2. The molecule has 0 unspecified atom stereocenters. The van der Waals surface area contributed by atoms with Crippen molar-refractivity contribution in [1.82, 2.24) is 4.98 Å². The van der Waals surface area contributed by atoms with Crippen molar-refractivity contribution < 1.29 is 14.3 Å². The van der Waals surface area contributed by atoms with Crippen molar-refractivity contribution in [2.24, 2.45) is 0 Å². The molecule has 2 N–H and O–H groups in total. The number of hydrogen-bond acceptors (Lipinski definition) is 5. The summed E-state index contributed by atoms with van der Waals surface area (Å²) >= 11 is 5.84. The van der Waals surface area contributed by atoms with Crippen molar-refractivity contribution in [2.45, 2.75) is 6.42 Å². The Kier molecular flexibility index (Phi) is 6.24. The summed E-state index contributed by atoms with van der Waals surface area (Å²) in [5.41, 5.74) is 2.56. The van der Waals surface area contributed by atoms with Gasteiger partial charge in [-0.2, -0.15) is 0 Å². The average Bonchev–Trinajstić information content (AvgIpc) is 2.71. The van der Waals surface area contributed by atoms with Gasteiger partial charge in [-0.15, -0.1) is 0 Å². The predicted octanol–water partition coefficient (Wildman–Crippen LogP) is 4.45. The fraction of sp³-hybridized carbons (Fsp3) is 0.0952. The minimum absolute atomic E-state index is 0.174. The van der Waals surface area contributed by atoms with Gasteiger partial charge in [-0.05, 0) is 42.0 Å². The van der Waals surface area contributed by atoms with Gasteiger partial charge in [-0.25, -0.2) is 9.78 Å². The summed E-state index contributed by atoms with van der Waals surface area (Å²) in [5.74, 6) is -0.167. The monoisotopic (exact) mass is 395 g/mol. The number of nitrogens with one attached hydrogen (secondary N) is 2. The van der Waals surface area contributed by atoms with Crippen LogP contribution in [0.4, 0.5) is 17.2 Å². The lowest BCUT2D eigenvalue weighted by molar-refractivity contribution is -0.115. The van der Waals surface area contributed by atoms with E-state index in [-0.39, 0.29) is 12.3 Å². The van der Waals surface area contributed by atoms with Crippen LogP contribution in [0.2, 0.25) is 5.02 Å². The lowest BCUT2D eigenvalue weighted by atomic mass is 10.1. The molecular weight excluding hydrogens is 378 g/mol. The first-order chi connectivity index (χ1) is 13.5. The normalized spacial score (nSPS) is 10.2. The number of nitrogens with zero attached hydrogens (tertiary/aromatic N) is 1. The molecule has 2 aromatic carbocycles. The van der Waals surface area contributed by atoms with Crippen LogP contribution in [0.5, 0.6) is 0 Å². The smallest absolute Gasteiger partial charge is 0.339 e. The Morgan fingerprint density at radius 3 is 2.46 bits per heavy atom. The lowest BCUT2D eigenvalue weighted by Gasteiger charge is -2.11. The van der Waals surface area contributed by atoms with Gasteiger partial charge in [0.15, 0.2) is 0 Å². The molecular formula is C21H18ClN3O3. The van der Waals surface area contributed by atoms with Gasteiger partial charge in [0.05, 0.1) is 36.7 Å². The molecule has 0 atom stereocenters. The van der Waals surface area contributed by atoms with Gasteiger partial charge in [0.1, 0.15) is 5.82 Å². The average molecular weight is 396 g/mol. The highest BCUT2D eigenvalue weighted by atomic mass is 35.5. The van der Waals surface area contributed by atoms with Crippen molar-refractivity contribution in [1.29, 1.82) is 0 Å². The van der Waals surface area contributed by atoms with Gasteiger partial charge < -0.3 is 15.4 Å². The molecule has 28 heavy (non-hydrogen) atoms. The number of carbonyl (C=O) groups excluding carboxylic acids is 2. The third-order valence-electron chi connectivity index (χ3n) is 3.92. The van der Waals surface area contributed by atoms with E-state index in [1.807, 2.05) is 6.07 Å². The molecule has 0 saturated carbocycles. The molecule has 1 amide bonds. The maximum atomic E-state index is 12.1.